The van der Waals surface area contributed by atoms with Crippen LogP contribution in [0.1, 0.15) is 43.5 Å². The van der Waals surface area contributed by atoms with Gasteiger partial charge in [-0.15, -0.1) is 0 Å². The Bertz CT molecular complexity index is 584. The number of fused-ring (bicyclic) bond motifs is 3. The summed E-state index contributed by atoms with van der Waals surface area (Å²) in [6.07, 6.45) is 5.18. The van der Waals surface area contributed by atoms with Crippen molar-refractivity contribution in [1.82, 2.24) is 10.3 Å². The molecule has 1 saturated carbocycles. The maximum atomic E-state index is 3.83. The molecule has 0 radical (unpaired) electrons. The molecule has 3 unspecified atom stereocenters. The lowest BCUT2D eigenvalue weighted by atomic mass is 9.91. The third-order valence-corrected chi connectivity index (χ3v) is 4.64. The summed E-state index contributed by atoms with van der Waals surface area (Å²) in [4.78, 5) is 3.65. The van der Waals surface area contributed by atoms with Gasteiger partial charge in [-0.2, -0.15) is 0 Å². The van der Waals surface area contributed by atoms with Crippen LogP contribution < -0.4 is 5.32 Å². The van der Waals surface area contributed by atoms with Crippen molar-refractivity contribution >= 4 is 10.9 Å². The second kappa shape index (κ2) is 3.86. The molecule has 3 atom stereocenters. The molecule has 1 heterocycles. The van der Waals surface area contributed by atoms with E-state index in [9.17, 15) is 0 Å². The topological polar surface area (TPSA) is 27.8 Å². The van der Waals surface area contributed by atoms with Crippen molar-refractivity contribution < 1.29 is 0 Å². The van der Waals surface area contributed by atoms with Crippen molar-refractivity contribution in [2.24, 2.45) is 5.92 Å². The van der Waals surface area contributed by atoms with Gasteiger partial charge in [0, 0.05) is 28.7 Å². The summed E-state index contributed by atoms with van der Waals surface area (Å²) >= 11 is 0. The minimum atomic E-state index is 0.552. The molecule has 2 aromatic rings. The summed E-state index contributed by atoms with van der Waals surface area (Å²) in [5, 5.41) is 5.26. The number of aromatic amines is 1. The molecule has 1 fully saturated rings. The number of hydrogen-bond donors (Lipinski definition) is 2. The molecular weight excluding hydrogens is 220 g/mol. The van der Waals surface area contributed by atoms with E-state index in [-0.39, 0.29) is 0 Å². The molecule has 4 rings (SSSR count). The van der Waals surface area contributed by atoms with Gasteiger partial charge >= 0.3 is 0 Å². The lowest BCUT2D eigenvalue weighted by Crippen LogP contribution is -2.27. The Morgan fingerprint density at radius 3 is 2.94 bits per heavy atom. The Balaban J connectivity index is 1.74. The van der Waals surface area contributed by atoms with Gasteiger partial charge in [-0.1, -0.05) is 25.1 Å². The molecular formula is C16H20N2. The normalized spacial score (nSPS) is 30.4. The van der Waals surface area contributed by atoms with Gasteiger partial charge < -0.3 is 10.3 Å². The van der Waals surface area contributed by atoms with Gasteiger partial charge in [-0.3, -0.25) is 0 Å². The van der Waals surface area contributed by atoms with Gasteiger partial charge in [-0.25, -0.2) is 0 Å². The van der Waals surface area contributed by atoms with Crippen LogP contribution in [-0.2, 0) is 6.42 Å². The average molecular weight is 240 g/mol. The van der Waals surface area contributed by atoms with Gasteiger partial charge in [0.25, 0.3) is 0 Å². The van der Waals surface area contributed by atoms with Crippen molar-refractivity contribution in [3.05, 3.63) is 35.5 Å². The quantitative estimate of drug-likeness (QED) is 0.825. The lowest BCUT2D eigenvalue weighted by Gasteiger charge is -2.24. The molecule has 2 nitrogen and oxygen atoms in total. The van der Waals surface area contributed by atoms with E-state index in [0.29, 0.717) is 6.04 Å². The first-order chi connectivity index (χ1) is 8.83. The fourth-order valence-electron chi connectivity index (χ4n) is 3.39. The first-order valence-electron chi connectivity index (χ1n) is 7.18. The van der Waals surface area contributed by atoms with Crippen molar-refractivity contribution in [1.29, 1.82) is 0 Å². The molecule has 1 aromatic carbocycles. The predicted octanol–water partition coefficient (Wildman–Crippen LogP) is 3.54. The van der Waals surface area contributed by atoms with E-state index in [1.807, 2.05) is 0 Å². The van der Waals surface area contributed by atoms with E-state index >= 15 is 0 Å². The van der Waals surface area contributed by atoms with Crippen molar-refractivity contribution in [3.8, 4) is 0 Å². The number of benzene rings is 1. The van der Waals surface area contributed by atoms with E-state index in [2.05, 4.69) is 41.5 Å². The standard InChI is InChI=1S/C16H20N2/c1-10-9-15(10)17-14-8-4-6-12-11-5-2-3-7-13(11)18-16(12)14/h2-3,5,7,10,14-15,17-18H,4,6,8-9H2,1H3. The second-order valence-corrected chi connectivity index (χ2v) is 5.99. The van der Waals surface area contributed by atoms with Gasteiger partial charge in [0.1, 0.15) is 0 Å². The first kappa shape index (κ1) is 10.6. The Labute approximate surface area is 108 Å². The summed E-state index contributed by atoms with van der Waals surface area (Å²) in [5.74, 6) is 0.875. The van der Waals surface area contributed by atoms with Gasteiger partial charge in [0.05, 0.1) is 0 Å². The van der Waals surface area contributed by atoms with Crippen LogP contribution >= 0.6 is 0 Å². The number of para-hydroxylation sites is 1. The van der Waals surface area contributed by atoms with Crippen LogP contribution in [0.5, 0.6) is 0 Å². The summed E-state index contributed by atoms with van der Waals surface area (Å²) in [6, 6.07) is 10.0. The lowest BCUT2D eigenvalue weighted by molar-refractivity contribution is 0.442. The monoisotopic (exact) mass is 240 g/mol. The third kappa shape index (κ3) is 1.59. The van der Waals surface area contributed by atoms with Gasteiger partial charge in [0.2, 0.25) is 0 Å². The highest BCUT2D eigenvalue weighted by Gasteiger charge is 2.36. The van der Waals surface area contributed by atoms with Crippen LogP contribution in [0, 0.1) is 5.92 Å². The average Bonchev–Trinajstić information content (AvgIpc) is 2.95. The SMILES string of the molecule is CC1CC1NC1CCCc2c1[nH]c1ccccc21. The van der Waals surface area contributed by atoms with Crippen LogP contribution in [0.3, 0.4) is 0 Å². The molecule has 0 bridgehead atoms. The molecule has 94 valence electrons. The summed E-state index contributed by atoms with van der Waals surface area (Å²) in [7, 11) is 0. The molecule has 2 N–H and O–H groups in total. The largest absolute Gasteiger partial charge is 0.357 e. The molecule has 2 aliphatic carbocycles. The smallest absolute Gasteiger partial charge is 0.0478 e. The Morgan fingerprint density at radius 2 is 2.11 bits per heavy atom. The summed E-state index contributed by atoms with van der Waals surface area (Å²) in [5.41, 5.74) is 4.32. The zero-order valence-corrected chi connectivity index (χ0v) is 10.9. The number of aryl methyl sites for hydroxylation is 1. The van der Waals surface area contributed by atoms with E-state index in [4.69, 9.17) is 0 Å². The van der Waals surface area contributed by atoms with E-state index in [1.165, 1.54) is 42.3 Å². The van der Waals surface area contributed by atoms with Crippen molar-refractivity contribution in [2.45, 2.75) is 44.7 Å². The fourth-order valence-corrected chi connectivity index (χ4v) is 3.39. The number of rotatable bonds is 2. The zero-order valence-electron chi connectivity index (χ0n) is 10.9. The molecule has 0 aliphatic heterocycles. The maximum absolute atomic E-state index is 3.83. The summed E-state index contributed by atoms with van der Waals surface area (Å²) < 4.78 is 0. The number of hydrogen-bond acceptors (Lipinski definition) is 1. The van der Waals surface area contributed by atoms with E-state index in [0.717, 1.165) is 12.0 Å². The highest BCUT2D eigenvalue weighted by molar-refractivity contribution is 5.85. The van der Waals surface area contributed by atoms with Crippen LogP contribution in [-0.4, -0.2) is 11.0 Å². The minimum absolute atomic E-state index is 0.552. The third-order valence-electron chi connectivity index (χ3n) is 4.64. The van der Waals surface area contributed by atoms with E-state index < -0.39 is 0 Å². The molecule has 2 aliphatic rings. The molecule has 0 amide bonds. The van der Waals surface area contributed by atoms with Gasteiger partial charge in [0.15, 0.2) is 0 Å². The van der Waals surface area contributed by atoms with Gasteiger partial charge in [-0.05, 0) is 43.2 Å². The highest BCUT2D eigenvalue weighted by Crippen LogP contribution is 2.38. The van der Waals surface area contributed by atoms with Crippen LogP contribution in [0.2, 0.25) is 0 Å². The number of nitrogens with one attached hydrogen (secondary N) is 2. The predicted molar refractivity (Wildman–Crippen MR) is 74.7 cm³/mol. The highest BCUT2D eigenvalue weighted by atomic mass is 15.0. The second-order valence-electron chi connectivity index (χ2n) is 5.99. The molecule has 0 saturated heterocycles. The number of H-pyrrole nitrogens is 1. The van der Waals surface area contributed by atoms with E-state index in [1.54, 1.807) is 5.56 Å². The minimum Gasteiger partial charge on any atom is -0.357 e. The van der Waals surface area contributed by atoms with Crippen LogP contribution in [0.25, 0.3) is 10.9 Å². The van der Waals surface area contributed by atoms with Crippen LogP contribution in [0.4, 0.5) is 0 Å². The van der Waals surface area contributed by atoms with Crippen molar-refractivity contribution in [2.75, 3.05) is 0 Å². The molecule has 18 heavy (non-hydrogen) atoms. The zero-order chi connectivity index (χ0) is 12.1. The maximum Gasteiger partial charge on any atom is 0.0478 e. The number of aromatic nitrogens is 1. The Morgan fingerprint density at radius 1 is 1.28 bits per heavy atom. The molecule has 0 spiro atoms. The van der Waals surface area contributed by atoms with Crippen molar-refractivity contribution in [3.63, 3.8) is 0 Å². The molecule has 1 aromatic heterocycles. The van der Waals surface area contributed by atoms with Crippen LogP contribution in [0.15, 0.2) is 24.3 Å². The Hall–Kier alpha value is -1.28. The Kier molecular flexibility index (Phi) is 2.28. The first-order valence-corrected chi connectivity index (χ1v) is 7.18. The fraction of sp³-hybridized carbons (Fsp3) is 0.500. The molecule has 2 heteroatoms. The summed E-state index contributed by atoms with van der Waals surface area (Å²) in [6.45, 7) is 2.34.